The highest BCUT2D eigenvalue weighted by Crippen LogP contribution is 2.10. The predicted molar refractivity (Wildman–Crippen MR) is 53.4 cm³/mol. The molecule has 14 heavy (non-hydrogen) atoms. The number of rotatable bonds is 2. The Hall–Kier alpha value is -1.33. The van der Waals surface area contributed by atoms with E-state index in [4.69, 9.17) is 4.65 Å². The molecule has 0 saturated carbocycles. The molecule has 0 unspecified atom stereocenters. The lowest BCUT2D eigenvalue weighted by atomic mass is 9.79. The normalized spacial score (nSPS) is 14.9. The molecule has 2 rings (SSSR count). The smallest absolute Gasteiger partial charge is 0.423 e. The van der Waals surface area contributed by atoms with Crippen LogP contribution in [0.1, 0.15) is 11.1 Å². The van der Waals surface area contributed by atoms with Gasteiger partial charge in [0.15, 0.2) is 0 Å². The topological polar surface area (TPSA) is 51.0 Å². The minimum atomic E-state index is -0.779. The lowest BCUT2D eigenvalue weighted by Gasteiger charge is -1.98. The lowest BCUT2D eigenvalue weighted by molar-refractivity contribution is 0.215. The third kappa shape index (κ3) is 1.64. The van der Waals surface area contributed by atoms with Crippen LogP contribution >= 0.6 is 0 Å². The minimum Gasteiger partial charge on any atom is -0.423 e. The van der Waals surface area contributed by atoms with Crippen LogP contribution in [-0.4, -0.2) is 25.5 Å². The average molecular weight is 191 g/mol. The summed E-state index contributed by atoms with van der Waals surface area (Å²) < 4.78 is 5.06. The van der Waals surface area contributed by atoms with Crippen molar-refractivity contribution in [2.75, 3.05) is 7.11 Å². The molecule has 4 nitrogen and oxygen atoms in total. The van der Waals surface area contributed by atoms with E-state index in [0.29, 0.717) is 6.61 Å². The zero-order chi connectivity index (χ0) is 9.97. The van der Waals surface area contributed by atoms with Crippen LogP contribution < -0.4 is 5.46 Å². The van der Waals surface area contributed by atoms with Crippen LogP contribution in [-0.2, 0) is 16.1 Å². The van der Waals surface area contributed by atoms with Crippen molar-refractivity contribution < 1.29 is 14.5 Å². The molecule has 0 bridgehead atoms. The van der Waals surface area contributed by atoms with E-state index in [9.17, 15) is 5.02 Å². The zero-order valence-corrected chi connectivity index (χ0v) is 7.80. The van der Waals surface area contributed by atoms with Crippen LogP contribution in [0.4, 0.5) is 0 Å². The molecule has 0 saturated heterocycles. The van der Waals surface area contributed by atoms with E-state index in [1.54, 1.807) is 6.21 Å². The highest BCUT2D eigenvalue weighted by atomic mass is 16.6. The predicted octanol–water partition coefficient (Wildman–Crippen LogP) is -0.115. The first-order valence-electron chi connectivity index (χ1n) is 4.30. The monoisotopic (exact) mass is 191 g/mol. The van der Waals surface area contributed by atoms with Crippen LogP contribution in [0.15, 0.2) is 23.4 Å². The maximum absolute atomic E-state index is 9.37. The fourth-order valence-electron chi connectivity index (χ4n) is 1.44. The molecular weight excluding hydrogens is 181 g/mol. The third-order valence-corrected chi connectivity index (χ3v) is 2.14. The van der Waals surface area contributed by atoms with Gasteiger partial charge >= 0.3 is 7.12 Å². The number of hydrogen-bond donors (Lipinski definition) is 1. The summed E-state index contributed by atoms with van der Waals surface area (Å²) in [4.78, 5) is 4.58. The first-order valence-corrected chi connectivity index (χ1v) is 4.30. The summed E-state index contributed by atoms with van der Waals surface area (Å²) in [5, 5.41) is 13.0. The van der Waals surface area contributed by atoms with Crippen molar-refractivity contribution in [3.63, 3.8) is 0 Å². The standard InChI is InChI=1S/C9H10BNO3/c1-13-11-5-7-2-3-9-8(4-7)6-14-10(9)12/h2-5,12H,6H2,1H3. The van der Waals surface area contributed by atoms with Gasteiger partial charge in [-0.2, -0.15) is 0 Å². The SMILES string of the molecule is CON=Cc1ccc2c(c1)COB2O. The Labute approximate surface area is 82.3 Å². The molecule has 0 aromatic heterocycles. The van der Waals surface area contributed by atoms with Crippen molar-refractivity contribution in [2.45, 2.75) is 6.61 Å². The fourth-order valence-corrected chi connectivity index (χ4v) is 1.44. The fraction of sp³-hybridized carbons (Fsp3) is 0.222. The van der Waals surface area contributed by atoms with Gasteiger partial charge < -0.3 is 14.5 Å². The molecule has 0 aliphatic carbocycles. The highest BCUT2D eigenvalue weighted by molar-refractivity contribution is 6.61. The van der Waals surface area contributed by atoms with E-state index in [-0.39, 0.29) is 0 Å². The Morgan fingerprint density at radius 2 is 2.50 bits per heavy atom. The van der Waals surface area contributed by atoms with Crippen molar-refractivity contribution in [1.29, 1.82) is 0 Å². The summed E-state index contributed by atoms with van der Waals surface area (Å²) in [5.41, 5.74) is 2.76. The maximum atomic E-state index is 9.37. The summed E-state index contributed by atoms with van der Waals surface area (Å²) in [6.07, 6.45) is 1.62. The van der Waals surface area contributed by atoms with Gasteiger partial charge in [-0.15, -0.1) is 0 Å². The first kappa shape index (κ1) is 9.24. The molecular formula is C9H10BNO3. The first-order chi connectivity index (χ1) is 6.81. The Balaban J connectivity index is 2.28. The molecule has 1 aromatic rings. The van der Waals surface area contributed by atoms with Crippen LogP contribution in [0.3, 0.4) is 0 Å². The molecule has 1 heterocycles. The largest absolute Gasteiger partial charge is 0.491 e. The Morgan fingerprint density at radius 3 is 3.29 bits per heavy atom. The van der Waals surface area contributed by atoms with Crippen molar-refractivity contribution in [3.05, 3.63) is 29.3 Å². The lowest BCUT2D eigenvalue weighted by Crippen LogP contribution is -2.27. The number of hydrogen-bond acceptors (Lipinski definition) is 4. The Bertz CT molecular complexity index is 367. The summed E-state index contributed by atoms with van der Waals surface area (Å²) in [7, 11) is 0.718. The second-order valence-electron chi connectivity index (χ2n) is 3.04. The van der Waals surface area contributed by atoms with E-state index >= 15 is 0 Å². The highest BCUT2D eigenvalue weighted by Gasteiger charge is 2.26. The van der Waals surface area contributed by atoms with Crippen LogP contribution in [0, 0.1) is 0 Å². The maximum Gasteiger partial charge on any atom is 0.491 e. The minimum absolute atomic E-state index is 0.450. The van der Waals surface area contributed by atoms with E-state index in [1.807, 2.05) is 18.2 Å². The van der Waals surface area contributed by atoms with Crippen molar-refractivity contribution in [1.82, 2.24) is 0 Å². The number of benzene rings is 1. The van der Waals surface area contributed by atoms with Gasteiger partial charge in [-0.05, 0) is 22.7 Å². The summed E-state index contributed by atoms with van der Waals surface area (Å²) in [6, 6.07) is 5.62. The molecule has 0 spiro atoms. The van der Waals surface area contributed by atoms with E-state index in [2.05, 4.69) is 9.99 Å². The van der Waals surface area contributed by atoms with E-state index in [0.717, 1.165) is 16.6 Å². The number of oxime groups is 1. The van der Waals surface area contributed by atoms with Crippen molar-refractivity contribution in [2.24, 2.45) is 5.16 Å². The van der Waals surface area contributed by atoms with Gasteiger partial charge in [0.05, 0.1) is 12.8 Å². The molecule has 0 atom stereocenters. The van der Waals surface area contributed by atoms with Gasteiger partial charge in [0.1, 0.15) is 7.11 Å². The van der Waals surface area contributed by atoms with Crippen LogP contribution in [0.5, 0.6) is 0 Å². The van der Waals surface area contributed by atoms with E-state index in [1.165, 1.54) is 7.11 Å². The molecule has 72 valence electrons. The second-order valence-corrected chi connectivity index (χ2v) is 3.04. The molecule has 0 radical (unpaired) electrons. The summed E-state index contributed by atoms with van der Waals surface area (Å²) >= 11 is 0. The van der Waals surface area contributed by atoms with Crippen molar-refractivity contribution >= 4 is 18.8 Å². The van der Waals surface area contributed by atoms with Gasteiger partial charge in [0, 0.05) is 0 Å². The zero-order valence-electron chi connectivity index (χ0n) is 7.80. The molecule has 0 amide bonds. The third-order valence-electron chi connectivity index (χ3n) is 2.14. The van der Waals surface area contributed by atoms with Gasteiger partial charge in [-0.1, -0.05) is 17.3 Å². The summed E-state index contributed by atoms with van der Waals surface area (Å²) in [5.74, 6) is 0. The molecule has 1 aliphatic heterocycles. The van der Waals surface area contributed by atoms with Gasteiger partial charge in [0.25, 0.3) is 0 Å². The van der Waals surface area contributed by atoms with E-state index < -0.39 is 7.12 Å². The summed E-state index contributed by atoms with van der Waals surface area (Å²) in [6.45, 7) is 0.450. The molecule has 5 heteroatoms. The van der Waals surface area contributed by atoms with Gasteiger partial charge in [0.2, 0.25) is 0 Å². The Morgan fingerprint density at radius 1 is 1.64 bits per heavy atom. The average Bonchev–Trinajstić information content (AvgIpc) is 2.57. The number of nitrogens with zero attached hydrogens (tertiary/aromatic N) is 1. The molecule has 0 fully saturated rings. The van der Waals surface area contributed by atoms with Gasteiger partial charge in [-0.3, -0.25) is 0 Å². The second kappa shape index (κ2) is 3.81. The molecule has 1 aliphatic rings. The Kier molecular flexibility index (Phi) is 2.52. The number of fused-ring (bicyclic) bond motifs is 1. The van der Waals surface area contributed by atoms with Crippen molar-refractivity contribution in [3.8, 4) is 0 Å². The van der Waals surface area contributed by atoms with Crippen LogP contribution in [0.25, 0.3) is 0 Å². The van der Waals surface area contributed by atoms with Crippen LogP contribution in [0.2, 0.25) is 0 Å². The quantitative estimate of drug-likeness (QED) is 0.403. The van der Waals surface area contributed by atoms with Gasteiger partial charge in [-0.25, -0.2) is 0 Å². The molecule has 1 aromatic carbocycles. The molecule has 1 N–H and O–H groups in total.